The van der Waals surface area contributed by atoms with Crippen molar-refractivity contribution < 1.29 is 13.9 Å². The molecule has 0 atom stereocenters. The fourth-order valence-corrected chi connectivity index (χ4v) is 1.37. The average molecular weight is 232 g/mol. The van der Waals surface area contributed by atoms with E-state index in [4.69, 9.17) is 4.74 Å². The second-order valence-electron chi connectivity index (χ2n) is 3.27. The Labute approximate surface area is 97.1 Å². The molecule has 0 aliphatic heterocycles. The summed E-state index contributed by atoms with van der Waals surface area (Å²) in [5.74, 6) is -0.859. The molecule has 17 heavy (non-hydrogen) atoms. The average Bonchev–Trinajstić information content (AvgIpc) is 2.39. The van der Waals surface area contributed by atoms with Gasteiger partial charge in [-0.1, -0.05) is 0 Å². The molecule has 0 radical (unpaired) electrons. The number of aromatic nitrogens is 2. The summed E-state index contributed by atoms with van der Waals surface area (Å²) in [6.07, 6.45) is 4.21. The zero-order valence-electron chi connectivity index (χ0n) is 9.05. The van der Waals surface area contributed by atoms with Crippen LogP contribution in [-0.4, -0.2) is 22.9 Å². The molecular formula is C12H9FN2O2. The lowest BCUT2D eigenvalue weighted by Crippen LogP contribution is -2.05. The van der Waals surface area contributed by atoms with Gasteiger partial charge in [-0.2, -0.15) is 0 Å². The van der Waals surface area contributed by atoms with Gasteiger partial charge in [0.1, 0.15) is 5.69 Å². The van der Waals surface area contributed by atoms with Crippen LogP contribution in [0.3, 0.4) is 0 Å². The van der Waals surface area contributed by atoms with Crippen LogP contribution < -0.4 is 4.74 Å². The van der Waals surface area contributed by atoms with Crippen molar-refractivity contribution in [1.82, 2.24) is 9.97 Å². The molecule has 0 aliphatic carbocycles. The van der Waals surface area contributed by atoms with Gasteiger partial charge in [-0.25, -0.2) is 9.37 Å². The minimum atomic E-state index is -0.581. The van der Waals surface area contributed by atoms with E-state index < -0.39 is 5.82 Å². The zero-order valence-corrected chi connectivity index (χ0v) is 9.05. The van der Waals surface area contributed by atoms with E-state index in [2.05, 4.69) is 9.97 Å². The number of carbonyl (C=O) groups is 1. The Morgan fingerprint density at radius 3 is 2.76 bits per heavy atom. The Hall–Kier alpha value is -2.30. The fourth-order valence-electron chi connectivity index (χ4n) is 1.37. The van der Waals surface area contributed by atoms with Gasteiger partial charge in [0, 0.05) is 18.0 Å². The van der Waals surface area contributed by atoms with Crippen LogP contribution in [0.15, 0.2) is 36.8 Å². The first-order valence-corrected chi connectivity index (χ1v) is 4.86. The first-order valence-electron chi connectivity index (χ1n) is 4.86. The maximum absolute atomic E-state index is 13.4. The number of rotatable bonds is 3. The largest absolute Gasteiger partial charge is 0.494 e. The third kappa shape index (κ3) is 2.28. The van der Waals surface area contributed by atoms with Crippen molar-refractivity contribution >= 4 is 5.78 Å². The Morgan fingerprint density at radius 2 is 2.18 bits per heavy atom. The van der Waals surface area contributed by atoms with Crippen LogP contribution >= 0.6 is 0 Å². The lowest BCUT2D eigenvalue weighted by Gasteiger charge is -2.03. The number of ketones is 1. The summed E-state index contributed by atoms with van der Waals surface area (Å²) in [4.78, 5) is 19.5. The third-order valence-electron chi connectivity index (χ3n) is 2.21. The van der Waals surface area contributed by atoms with Crippen molar-refractivity contribution in [1.29, 1.82) is 0 Å². The molecule has 0 saturated heterocycles. The number of halogens is 1. The molecule has 4 nitrogen and oxygen atoms in total. The second kappa shape index (κ2) is 4.69. The molecule has 0 saturated carbocycles. The first kappa shape index (κ1) is 11.2. The van der Waals surface area contributed by atoms with Gasteiger partial charge >= 0.3 is 0 Å². The predicted molar refractivity (Wildman–Crippen MR) is 58.4 cm³/mol. The van der Waals surface area contributed by atoms with E-state index in [1.165, 1.54) is 37.8 Å². The van der Waals surface area contributed by atoms with E-state index in [-0.39, 0.29) is 22.8 Å². The third-order valence-corrected chi connectivity index (χ3v) is 2.21. The minimum absolute atomic E-state index is 0.0979. The lowest BCUT2D eigenvalue weighted by atomic mass is 10.1. The number of hydrogen-bond donors (Lipinski definition) is 0. The molecule has 1 heterocycles. The van der Waals surface area contributed by atoms with Crippen molar-refractivity contribution in [2.75, 3.05) is 7.11 Å². The molecule has 2 rings (SSSR count). The van der Waals surface area contributed by atoms with Crippen molar-refractivity contribution in [3.63, 3.8) is 0 Å². The van der Waals surface area contributed by atoms with Crippen LogP contribution in [0, 0.1) is 5.82 Å². The van der Waals surface area contributed by atoms with Gasteiger partial charge in [-0.3, -0.25) is 9.78 Å². The van der Waals surface area contributed by atoms with E-state index in [1.807, 2.05) is 0 Å². The van der Waals surface area contributed by atoms with Gasteiger partial charge in [0.15, 0.2) is 11.6 Å². The Kier molecular flexibility index (Phi) is 3.09. The highest BCUT2D eigenvalue weighted by Gasteiger charge is 2.13. The number of benzene rings is 1. The molecule has 86 valence electrons. The molecule has 1 aromatic heterocycles. The van der Waals surface area contributed by atoms with Crippen molar-refractivity contribution in [2.45, 2.75) is 0 Å². The van der Waals surface area contributed by atoms with Gasteiger partial charge in [-0.05, 0) is 18.2 Å². The van der Waals surface area contributed by atoms with E-state index in [0.29, 0.717) is 0 Å². The second-order valence-corrected chi connectivity index (χ2v) is 3.27. The maximum atomic E-state index is 13.4. The maximum Gasteiger partial charge on any atom is 0.213 e. The number of methoxy groups -OCH3 is 1. The summed E-state index contributed by atoms with van der Waals surface area (Å²) in [6.45, 7) is 0. The van der Waals surface area contributed by atoms with E-state index >= 15 is 0 Å². The van der Waals surface area contributed by atoms with Gasteiger partial charge in [0.2, 0.25) is 5.78 Å². The molecule has 0 bridgehead atoms. The Bertz CT molecular complexity index is 543. The van der Waals surface area contributed by atoms with E-state index in [9.17, 15) is 9.18 Å². The normalized spacial score (nSPS) is 10.0. The topological polar surface area (TPSA) is 52.1 Å². The molecular weight excluding hydrogens is 223 g/mol. The van der Waals surface area contributed by atoms with Gasteiger partial charge < -0.3 is 4.74 Å². The first-order chi connectivity index (χ1) is 8.22. The molecule has 2 aromatic rings. The van der Waals surface area contributed by atoms with Gasteiger partial charge in [0.25, 0.3) is 0 Å². The van der Waals surface area contributed by atoms with E-state index in [0.717, 1.165) is 6.07 Å². The summed E-state index contributed by atoms with van der Waals surface area (Å²) in [7, 11) is 1.36. The summed E-state index contributed by atoms with van der Waals surface area (Å²) in [5, 5.41) is 0. The zero-order chi connectivity index (χ0) is 12.3. The Balaban J connectivity index is 2.35. The van der Waals surface area contributed by atoms with E-state index in [1.54, 1.807) is 0 Å². The number of carbonyl (C=O) groups excluding carboxylic acids is 1. The monoisotopic (exact) mass is 232 g/mol. The molecule has 1 aromatic carbocycles. The Morgan fingerprint density at radius 1 is 1.35 bits per heavy atom. The molecule has 0 amide bonds. The van der Waals surface area contributed by atoms with Gasteiger partial charge in [-0.15, -0.1) is 0 Å². The van der Waals surface area contributed by atoms with Crippen LogP contribution in [0.4, 0.5) is 4.39 Å². The SMILES string of the molecule is COc1ccc(C(=O)c2cnccn2)cc1F. The highest BCUT2D eigenvalue weighted by molar-refractivity contribution is 6.07. The van der Waals surface area contributed by atoms with Crippen molar-refractivity contribution in [3.05, 3.63) is 53.9 Å². The van der Waals surface area contributed by atoms with Crippen LogP contribution in [0.1, 0.15) is 16.1 Å². The summed E-state index contributed by atoms with van der Waals surface area (Å²) in [6, 6.07) is 4.01. The molecule has 5 heteroatoms. The van der Waals surface area contributed by atoms with Gasteiger partial charge in [0.05, 0.1) is 13.3 Å². The predicted octanol–water partition coefficient (Wildman–Crippen LogP) is 1.86. The smallest absolute Gasteiger partial charge is 0.213 e. The van der Waals surface area contributed by atoms with Crippen molar-refractivity contribution in [2.24, 2.45) is 0 Å². The molecule has 0 spiro atoms. The van der Waals surface area contributed by atoms with Crippen LogP contribution in [0.2, 0.25) is 0 Å². The fraction of sp³-hybridized carbons (Fsp3) is 0.0833. The highest BCUT2D eigenvalue weighted by Crippen LogP contribution is 2.18. The number of nitrogens with zero attached hydrogens (tertiary/aromatic N) is 2. The lowest BCUT2D eigenvalue weighted by molar-refractivity contribution is 0.103. The summed E-state index contributed by atoms with van der Waals surface area (Å²) in [5.41, 5.74) is 0.390. The standard InChI is InChI=1S/C12H9FN2O2/c1-17-11-3-2-8(6-9(11)13)12(16)10-7-14-4-5-15-10/h2-7H,1H3. The number of ether oxygens (including phenoxy) is 1. The van der Waals surface area contributed by atoms with Crippen LogP contribution in [-0.2, 0) is 0 Å². The molecule has 0 aliphatic rings. The van der Waals surface area contributed by atoms with Crippen LogP contribution in [0.5, 0.6) is 5.75 Å². The molecule has 0 unspecified atom stereocenters. The molecule has 0 N–H and O–H groups in total. The molecule has 0 fully saturated rings. The highest BCUT2D eigenvalue weighted by atomic mass is 19.1. The number of hydrogen-bond acceptors (Lipinski definition) is 4. The summed E-state index contributed by atoms with van der Waals surface area (Å²) < 4.78 is 18.2. The summed E-state index contributed by atoms with van der Waals surface area (Å²) >= 11 is 0. The minimum Gasteiger partial charge on any atom is -0.494 e. The van der Waals surface area contributed by atoms with Crippen LogP contribution in [0.25, 0.3) is 0 Å². The van der Waals surface area contributed by atoms with Crippen molar-refractivity contribution in [3.8, 4) is 5.75 Å². The quantitative estimate of drug-likeness (QED) is 0.758.